The number of hydrogen-bond donors (Lipinski definition) is 3. The van der Waals surface area contributed by atoms with Crippen molar-refractivity contribution in [3.05, 3.63) is 108 Å². The van der Waals surface area contributed by atoms with E-state index < -0.39 is 0 Å². The molecule has 4 rings (SSSR count). The van der Waals surface area contributed by atoms with Crippen molar-refractivity contribution in [3.8, 4) is 33.4 Å². The average molecular weight is 445 g/mol. The molecule has 0 radical (unpaired) electrons. The van der Waals surface area contributed by atoms with Crippen LogP contribution in [0, 0.1) is 0 Å². The van der Waals surface area contributed by atoms with Gasteiger partial charge >= 0.3 is 0 Å². The standard InChI is InChI=1S/C27H24S3/c28-16-19-4-1-7-22(10-19)25-13-26(23-8-2-5-20(11-23)17-29)15-27(14-25)24-9-3-6-21(12-24)18-30/h1-15,28-30H,16-18H2. The lowest BCUT2D eigenvalue weighted by Crippen LogP contribution is -1.89. The molecule has 3 heteroatoms. The molecular formula is C27H24S3. The molecule has 4 aromatic carbocycles. The van der Waals surface area contributed by atoms with Gasteiger partial charge in [-0.2, -0.15) is 37.9 Å². The molecule has 0 nitrogen and oxygen atoms in total. The highest BCUT2D eigenvalue weighted by Crippen LogP contribution is 2.34. The van der Waals surface area contributed by atoms with E-state index in [4.69, 9.17) is 0 Å². The van der Waals surface area contributed by atoms with Gasteiger partial charge in [0.1, 0.15) is 0 Å². The van der Waals surface area contributed by atoms with Crippen LogP contribution in [0.25, 0.3) is 33.4 Å². The van der Waals surface area contributed by atoms with Crippen LogP contribution in [0.3, 0.4) is 0 Å². The molecule has 0 atom stereocenters. The van der Waals surface area contributed by atoms with Crippen LogP contribution in [0.1, 0.15) is 16.7 Å². The molecule has 0 aliphatic heterocycles. The summed E-state index contributed by atoms with van der Waals surface area (Å²) in [5.41, 5.74) is 10.9. The van der Waals surface area contributed by atoms with Crippen molar-refractivity contribution in [2.24, 2.45) is 0 Å². The summed E-state index contributed by atoms with van der Waals surface area (Å²) >= 11 is 13.4. The quantitative estimate of drug-likeness (QED) is 0.247. The molecule has 0 aliphatic rings. The largest absolute Gasteiger partial charge is 0.175 e. The molecule has 0 aromatic heterocycles. The first-order chi connectivity index (χ1) is 14.7. The van der Waals surface area contributed by atoms with Crippen molar-refractivity contribution < 1.29 is 0 Å². The highest BCUT2D eigenvalue weighted by molar-refractivity contribution is 7.79. The zero-order valence-corrected chi connectivity index (χ0v) is 19.3. The molecule has 0 saturated carbocycles. The van der Waals surface area contributed by atoms with Crippen molar-refractivity contribution >= 4 is 37.9 Å². The second kappa shape index (κ2) is 9.82. The van der Waals surface area contributed by atoms with Crippen LogP contribution < -0.4 is 0 Å². The van der Waals surface area contributed by atoms with Crippen molar-refractivity contribution in [1.82, 2.24) is 0 Å². The van der Waals surface area contributed by atoms with Crippen LogP contribution >= 0.6 is 37.9 Å². The van der Waals surface area contributed by atoms with E-state index >= 15 is 0 Å². The molecule has 0 heterocycles. The lowest BCUT2D eigenvalue weighted by atomic mass is 9.92. The Morgan fingerprint density at radius 2 is 0.667 bits per heavy atom. The van der Waals surface area contributed by atoms with Gasteiger partial charge in [0.25, 0.3) is 0 Å². The van der Waals surface area contributed by atoms with Gasteiger partial charge in [-0.05, 0) is 68.3 Å². The Hall–Kier alpha value is -2.07. The van der Waals surface area contributed by atoms with Crippen LogP contribution in [0.5, 0.6) is 0 Å². The minimum atomic E-state index is 0.731. The van der Waals surface area contributed by atoms with Gasteiger partial charge in [0, 0.05) is 17.3 Å². The Balaban J connectivity index is 1.91. The Labute approximate surface area is 195 Å². The summed E-state index contributed by atoms with van der Waals surface area (Å²) in [6.45, 7) is 0. The van der Waals surface area contributed by atoms with E-state index in [1.165, 1.54) is 50.1 Å². The minimum absolute atomic E-state index is 0.731. The van der Waals surface area contributed by atoms with E-state index in [1.807, 2.05) is 0 Å². The van der Waals surface area contributed by atoms with Gasteiger partial charge in [-0.3, -0.25) is 0 Å². The van der Waals surface area contributed by atoms with Crippen LogP contribution in [0.15, 0.2) is 91.0 Å². The van der Waals surface area contributed by atoms with E-state index in [-0.39, 0.29) is 0 Å². The van der Waals surface area contributed by atoms with Crippen molar-refractivity contribution in [2.75, 3.05) is 0 Å². The van der Waals surface area contributed by atoms with Gasteiger partial charge < -0.3 is 0 Å². The summed E-state index contributed by atoms with van der Waals surface area (Å²) in [6.07, 6.45) is 0. The zero-order valence-electron chi connectivity index (χ0n) is 16.6. The molecule has 0 spiro atoms. The third-order valence-corrected chi connectivity index (χ3v) is 6.36. The smallest absolute Gasteiger partial charge is 0.0154 e. The monoisotopic (exact) mass is 444 g/mol. The third kappa shape index (κ3) is 4.80. The van der Waals surface area contributed by atoms with Crippen molar-refractivity contribution in [2.45, 2.75) is 17.3 Å². The fourth-order valence-corrected chi connectivity index (χ4v) is 4.27. The summed E-state index contributed by atoms with van der Waals surface area (Å²) in [5, 5.41) is 0. The van der Waals surface area contributed by atoms with E-state index in [2.05, 4.69) is 129 Å². The second-order valence-electron chi connectivity index (χ2n) is 7.37. The maximum atomic E-state index is 4.45. The Bertz CT molecular complexity index is 1010. The number of thiol groups is 3. The van der Waals surface area contributed by atoms with Gasteiger partial charge in [-0.15, -0.1) is 0 Å². The van der Waals surface area contributed by atoms with E-state index in [0.29, 0.717) is 0 Å². The molecular weight excluding hydrogens is 420 g/mol. The molecule has 4 aromatic rings. The molecule has 30 heavy (non-hydrogen) atoms. The first kappa shape index (κ1) is 21.2. The topological polar surface area (TPSA) is 0 Å². The molecule has 150 valence electrons. The first-order valence-corrected chi connectivity index (χ1v) is 11.9. The highest BCUT2D eigenvalue weighted by atomic mass is 32.1. The number of rotatable bonds is 6. The lowest BCUT2D eigenvalue weighted by Gasteiger charge is -2.13. The second-order valence-corrected chi connectivity index (χ2v) is 8.32. The van der Waals surface area contributed by atoms with Gasteiger partial charge in [0.2, 0.25) is 0 Å². The highest BCUT2D eigenvalue weighted by Gasteiger charge is 2.09. The Morgan fingerprint density at radius 1 is 0.367 bits per heavy atom. The predicted molar refractivity (Wildman–Crippen MR) is 141 cm³/mol. The SMILES string of the molecule is SCc1cccc(-c2cc(-c3cccc(CS)c3)cc(-c3cccc(CS)c3)c2)c1. The van der Waals surface area contributed by atoms with Gasteiger partial charge in [0.15, 0.2) is 0 Å². The predicted octanol–water partition coefficient (Wildman–Crippen LogP) is 7.98. The molecule has 0 N–H and O–H groups in total. The Kier molecular flexibility index (Phi) is 6.93. The van der Waals surface area contributed by atoms with Crippen molar-refractivity contribution in [3.63, 3.8) is 0 Å². The fraction of sp³-hybridized carbons (Fsp3) is 0.111. The van der Waals surface area contributed by atoms with Crippen LogP contribution in [0.4, 0.5) is 0 Å². The van der Waals surface area contributed by atoms with Gasteiger partial charge in [-0.25, -0.2) is 0 Å². The molecule has 0 amide bonds. The Morgan fingerprint density at radius 3 is 0.933 bits per heavy atom. The van der Waals surface area contributed by atoms with E-state index in [9.17, 15) is 0 Å². The molecule has 0 aliphatic carbocycles. The lowest BCUT2D eigenvalue weighted by molar-refractivity contribution is 1.41. The van der Waals surface area contributed by atoms with Gasteiger partial charge in [-0.1, -0.05) is 72.8 Å². The molecule has 0 fully saturated rings. The van der Waals surface area contributed by atoms with Crippen LogP contribution in [0.2, 0.25) is 0 Å². The van der Waals surface area contributed by atoms with Gasteiger partial charge in [0.05, 0.1) is 0 Å². The maximum absolute atomic E-state index is 4.45. The zero-order chi connectivity index (χ0) is 20.9. The summed E-state index contributed by atoms with van der Waals surface area (Å²) in [7, 11) is 0. The fourth-order valence-electron chi connectivity index (χ4n) is 3.68. The number of hydrogen-bond acceptors (Lipinski definition) is 3. The summed E-state index contributed by atoms with van der Waals surface area (Å²) in [4.78, 5) is 0. The normalized spacial score (nSPS) is 10.9. The van der Waals surface area contributed by atoms with Crippen LogP contribution in [-0.2, 0) is 17.3 Å². The molecule has 0 saturated heterocycles. The van der Waals surface area contributed by atoms with E-state index in [1.54, 1.807) is 0 Å². The van der Waals surface area contributed by atoms with Crippen molar-refractivity contribution in [1.29, 1.82) is 0 Å². The molecule has 0 unspecified atom stereocenters. The first-order valence-electron chi connectivity index (χ1n) is 9.96. The van der Waals surface area contributed by atoms with Crippen LogP contribution in [-0.4, -0.2) is 0 Å². The minimum Gasteiger partial charge on any atom is -0.175 e. The summed E-state index contributed by atoms with van der Waals surface area (Å²) < 4.78 is 0. The van der Waals surface area contributed by atoms with E-state index in [0.717, 1.165) is 17.3 Å². The number of benzene rings is 4. The summed E-state index contributed by atoms with van der Waals surface area (Å²) in [5.74, 6) is 2.19. The third-order valence-electron chi connectivity index (χ3n) is 5.26. The summed E-state index contributed by atoms with van der Waals surface area (Å²) in [6, 6.07) is 32.7. The average Bonchev–Trinajstić information content (AvgIpc) is 2.83. The molecule has 0 bridgehead atoms. The maximum Gasteiger partial charge on any atom is 0.0154 e.